The van der Waals surface area contributed by atoms with E-state index in [0.717, 1.165) is 11.3 Å². The number of rotatable bonds is 4. The van der Waals surface area contributed by atoms with Gasteiger partial charge in [-0.05, 0) is 22.2 Å². The first kappa shape index (κ1) is 12.5. The predicted molar refractivity (Wildman–Crippen MR) is 73.4 cm³/mol. The van der Waals surface area contributed by atoms with E-state index in [2.05, 4.69) is 58.5 Å². The van der Waals surface area contributed by atoms with Crippen LogP contribution in [0, 0.1) is 0 Å². The minimum Gasteiger partial charge on any atom is -0.0985 e. The molecular formula is C14H21P. The van der Waals surface area contributed by atoms with E-state index in [9.17, 15) is 0 Å². The third-order valence-electron chi connectivity index (χ3n) is 2.54. The first-order valence-corrected chi connectivity index (χ1v) is 7.05. The fourth-order valence-electron chi connectivity index (χ4n) is 1.98. The largest absolute Gasteiger partial charge is 0.0985 e. The first-order chi connectivity index (χ1) is 7.06. The second kappa shape index (κ2) is 5.47. The maximum Gasteiger partial charge on any atom is -0.0223 e. The molecule has 1 heteroatoms. The molecule has 1 aromatic carbocycles. The van der Waals surface area contributed by atoms with Crippen molar-refractivity contribution < 1.29 is 0 Å². The van der Waals surface area contributed by atoms with Gasteiger partial charge in [-0.25, -0.2) is 0 Å². The van der Waals surface area contributed by atoms with Crippen molar-refractivity contribution in [2.75, 3.05) is 0 Å². The smallest absolute Gasteiger partial charge is 0.0223 e. The molecular weight excluding hydrogens is 199 g/mol. The van der Waals surface area contributed by atoms with Crippen LogP contribution >= 0.6 is 7.92 Å². The zero-order valence-corrected chi connectivity index (χ0v) is 11.1. The Morgan fingerprint density at radius 1 is 1.00 bits per heavy atom. The molecule has 15 heavy (non-hydrogen) atoms. The van der Waals surface area contributed by atoms with Crippen LogP contribution in [0.25, 0.3) is 6.08 Å². The van der Waals surface area contributed by atoms with Gasteiger partial charge in [-0.3, -0.25) is 0 Å². The average molecular weight is 220 g/mol. The standard InChI is InChI=1S/C14H21P/c1-6-13-7-9-14(10-8-13)15(11(2)3)12(4)5/h6-12H,1H2,2-5H3. The Hall–Kier alpha value is -0.610. The van der Waals surface area contributed by atoms with Gasteiger partial charge in [-0.15, -0.1) is 0 Å². The minimum atomic E-state index is -0.0255. The molecule has 0 fully saturated rings. The van der Waals surface area contributed by atoms with Gasteiger partial charge >= 0.3 is 0 Å². The Kier molecular flexibility index (Phi) is 4.54. The highest BCUT2D eigenvalue weighted by Gasteiger charge is 2.18. The summed E-state index contributed by atoms with van der Waals surface area (Å²) in [5.41, 5.74) is 2.73. The molecule has 0 aliphatic rings. The van der Waals surface area contributed by atoms with Crippen LogP contribution in [-0.4, -0.2) is 11.3 Å². The van der Waals surface area contributed by atoms with E-state index in [0.29, 0.717) is 0 Å². The van der Waals surface area contributed by atoms with Crippen molar-refractivity contribution in [3.8, 4) is 0 Å². The molecule has 0 bridgehead atoms. The summed E-state index contributed by atoms with van der Waals surface area (Å²) in [7, 11) is -0.0255. The monoisotopic (exact) mass is 220 g/mol. The van der Waals surface area contributed by atoms with Crippen LogP contribution in [0.4, 0.5) is 0 Å². The van der Waals surface area contributed by atoms with Gasteiger partial charge in [0, 0.05) is 0 Å². The van der Waals surface area contributed by atoms with Crippen LogP contribution < -0.4 is 5.30 Å². The zero-order chi connectivity index (χ0) is 11.4. The van der Waals surface area contributed by atoms with Crippen molar-refractivity contribution in [1.82, 2.24) is 0 Å². The molecule has 0 unspecified atom stereocenters. The highest BCUT2D eigenvalue weighted by molar-refractivity contribution is 7.66. The van der Waals surface area contributed by atoms with E-state index < -0.39 is 0 Å². The van der Waals surface area contributed by atoms with Gasteiger partial charge < -0.3 is 0 Å². The lowest BCUT2D eigenvalue weighted by Crippen LogP contribution is -2.14. The number of hydrogen-bond donors (Lipinski definition) is 0. The lowest BCUT2D eigenvalue weighted by Gasteiger charge is -2.26. The molecule has 1 rings (SSSR count). The van der Waals surface area contributed by atoms with Crippen molar-refractivity contribution in [1.29, 1.82) is 0 Å². The normalized spacial score (nSPS) is 11.4. The van der Waals surface area contributed by atoms with Crippen LogP contribution in [0.3, 0.4) is 0 Å². The summed E-state index contributed by atoms with van der Waals surface area (Å²) in [6.45, 7) is 13.1. The lowest BCUT2D eigenvalue weighted by atomic mass is 10.2. The molecule has 0 spiro atoms. The van der Waals surface area contributed by atoms with Crippen molar-refractivity contribution in [2.24, 2.45) is 0 Å². The van der Waals surface area contributed by atoms with Crippen LogP contribution in [0.15, 0.2) is 30.8 Å². The molecule has 0 aliphatic carbocycles. The van der Waals surface area contributed by atoms with Gasteiger partial charge in [0.05, 0.1) is 0 Å². The van der Waals surface area contributed by atoms with Crippen LogP contribution in [0.5, 0.6) is 0 Å². The van der Waals surface area contributed by atoms with Crippen LogP contribution in [0.1, 0.15) is 33.3 Å². The van der Waals surface area contributed by atoms with Crippen molar-refractivity contribution in [3.63, 3.8) is 0 Å². The quantitative estimate of drug-likeness (QED) is 0.665. The first-order valence-electron chi connectivity index (χ1n) is 5.57. The fraction of sp³-hybridized carbons (Fsp3) is 0.429. The molecule has 0 aliphatic heterocycles. The predicted octanol–water partition coefficient (Wildman–Crippen LogP) is 4.25. The van der Waals surface area contributed by atoms with Gasteiger partial charge in [0.1, 0.15) is 0 Å². The summed E-state index contributed by atoms with van der Waals surface area (Å²) in [6.07, 6.45) is 1.90. The van der Waals surface area contributed by atoms with Crippen molar-refractivity contribution >= 4 is 19.3 Å². The van der Waals surface area contributed by atoms with E-state index >= 15 is 0 Å². The third kappa shape index (κ3) is 3.18. The van der Waals surface area contributed by atoms with Gasteiger partial charge in [0.2, 0.25) is 0 Å². The topological polar surface area (TPSA) is 0 Å². The molecule has 0 nitrogen and oxygen atoms in total. The van der Waals surface area contributed by atoms with E-state index in [4.69, 9.17) is 0 Å². The summed E-state index contributed by atoms with van der Waals surface area (Å²) in [5.74, 6) is 0. The maximum atomic E-state index is 3.78. The van der Waals surface area contributed by atoms with Crippen molar-refractivity contribution in [3.05, 3.63) is 36.4 Å². The molecule has 0 aromatic heterocycles. The SMILES string of the molecule is C=Cc1ccc(P(C(C)C)C(C)C)cc1. The molecule has 0 heterocycles. The Morgan fingerprint density at radius 3 is 1.80 bits per heavy atom. The second-order valence-electron chi connectivity index (χ2n) is 4.39. The van der Waals surface area contributed by atoms with Gasteiger partial charge in [-0.1, -0.05) is 72.5 Å². The summed E-state index contributed by atoms with van der Waals surface area (Å²) in [4.78, 5) is 0. The van der Waals surface area contributed by atoms with Crippen LogP contribution in [0.2, 0.25) is 0 Å². The number of hydrogen-bond acceptors (Lipinski definition) is 0. The Bertz CT molecular complexity index is 301. The van der Waals surface area contributed by atoms with Crippen LogP contribution in [-0.2, 0) is 0 Å². The Balaban J connectivity index is 2.96. The molecule has 0 amide bonds. The summed E-state index contributed by atoms with van der Waals surface area (Å²) < 4.78 is 0. The average Bonchev–Trinajstić information content (AvgIpc) is 2.18. The fourth-order valence-corrected chi connectivity index (χ4v) is 4.85. The van der Waals surface area contributed by atoms with E-state index in [1.165, 1.54) is 10.9 Å². The zero-order valence-electron chi connectivity index (χ0n) is 10.2. The second-order valence-corrected chi connectivity index (χ2v) is 7.79. The molecule has 0 saturated heterocycles. The Labute approximate surface area is 95.2 Å². The molecule has 82 valence electrons. The van der Waals surface area contributed by atoms with Gasteiger partial charge in [0.25, 0.3) is 0 Å². The highest BCUT2D eigenvalue weighted by atomic mass is 31.1. The van der Waals surface area contributed by atoms with E-state index in [-0.39, 0.29) is 7.92 Å². The lowest BCUT2D eigenvalue weighted by molar-refractivity contribution is 1.02. The molecule has 0 atom stereocenters. The van der Waals surface area contributed by atoms with Crippen molar-refractivity contribution in [2.45, 2.75) is 39.0 Å². The summed E-state index contributed by atoms with van der Waals surface area (Å²) >= 11 is 0. The highest BCUT2D eigenvalue weighted by Crippen LogP contribution is 2.44. The van der Waals surface area contributed by atoms with E-state index in [1.54, 1.807) is 0 Å². The minimum absolute atomic E-state index is 0.0255. The third-order valence-corrected chi connectivity index (χ3v) is 5.66. The van der Waals surface area contributed by atoms with E-state index in [1.807, 2.05) is 6.08 Å². The molecule has 1 aromatic rings. The molecule has 0 radical (unpaired) electrons. The van der Waals surface area contributed by atoms with Gasteiger partial charge in [0.15, 0.2) is 0 Å². The molecule has 0 N–H and O–H groups in total. The molecule has 0 saturated carbocycles. The number of benzene rings is 1. The summed E-state index contributed by atoms with van der Waals surface area (Å²) in [5, 5.41) is 1.51. The van der Waals surface area contributed by atoms with Gasteiger partial charge in [-0.2, -0.15) is 0 Å². The summed E-state index contributed by atoms with van der Waals surface area (Å²) in [6, 6.07) is 8.87. The maximum absolute atomic E-state index is 3.78. The Morgan fingerprint density at radius 2 is 1.47 bits per heavy atom.